The second kappa shape index (κ2) is 7.54. The number of ether oxygens (including phenoxy) is 2. The van der Waals surface area contributed by atoms with Crippen LogP contribution in [-0.4, -0.2) is 31.4 Å². The monoisotopic (exact) mass is 358 g/mol. The number of carbonyl (C=O) groups excluding carboxylic acids is 1. The van der Waals surface area contributed by atoms with Crippen molar-refractivity contribution in [2.24, 2.45) is 0 Å². The molecular weight excluding hydrogens is 336 g/mol. The SMILES string of the molecule is COc1cc(Br)cc(NC(C)CNC(=O)OC(C)(C)C)c1. The van der Waals surface area contributed by atoms with Crippen LogP contribution < -0.4 is 15.4 Å². The Kier molecular flexibility index (Phi) is 6.33. The van der Waals surface area contributed by atoms with Gasteiger partial charge in [0.2, 0.25) is 0 Å². The number of anilines is 1. The molecule has 0 aliphatic carbocycles. The third-order valence-corrected chi connectivity index (χ3v) is 2.93. The van der Waals surface area contributed by atoms with E-state index >= 15 is 0 Å². The molecule has 0 radical (unpaired) electrons. The van der Waals surface area contributed by atoms with Gasteiger partial charge in [-0.3, -0.25) is 0 Å². The van der Waals surface area contributed by atoms with E-state index in [0.717, 1.165) is 15.9 Å². The molecule has 2 N–H and O–H groups in total. The lowest BCUT2D eigenvalue weighted by Crippen LogP contribution is -2.38. The molecule has 0 saturated carbocycles. The number of hydrogen-bond acceptors (Lipinski definition) is 4. The molecule has 6 heteroatoms. The molecule has 1 aromatic carbocycles. The minimum Gasteiger partial charge on any atom is -0.497 e. The van der Waals surface area contributed by atoms with Crippen molar-refractivity contribution in [1.82, 2.24) is 5.32 Å². The average Bonchev–Trinajstić information content (AvgIpc) is 2.33. The number of halogens is 1. The van der Waals surface area contributed by atoms with Crippen LogP contribution in [0, 0.1) is 0 Å². The molecule has 0 heterocycles. The van der Waals surface area contributed by atoms with Crippen LogP contribution in [-0.2, 0) is 4.74 Å². The summed E-state index contributed by atoms with van der Waals surface area (Å²) in [4.78, 5) is 11.6. The first-order valence-electron chi connectivity index (χ1n) is 6.77. The van der Waals surface area contributed by atoms with Gasteiger partial charge in [0.15, 0.2) is 0 Å². The van der Waals surface area contributed by atoms with Crippen molar-refractivity contribution in [2.75, 3.05) is 19.0 Å². The van der Waals surface area contributed by atoms with Crippen molar-refractivity contribution >= 4 is 27.7 Å². The van der Waals surface area contributed by atoms with Crippen LogP contribution in [0.1, 0.15) is 27.7 Å². The summed E-state index contributed by atoms with van der Waals surface area (Å²) in [5, 5.41) is 6.03. The molecule has 1 amide bonds. The zero-order valence-electron chi connectivity index (χ0n) is 13.1. The molecule has 0 aliphatic rings. The van der Waals surface area contributed by atoms with E-state index in [1.165, 1.54) is 0 Å². The minimum absolute atomic E-state index is 0.0523. The van der Waals surface area contributed by atoms with Gasteiger partial charge in [-0.05, 0) is 39.8 Å². The summed E-state index contributed by atoms with van der Waals surface area (Å²) in [5.41, 5.74) is 0.429. The van der Waals surface area contributed by atoms with Crippen molar-refractivity contribution in [1.29, 1.82) is 0 Å². The second-order valence-corrected chi connectivity index (χ2v) is 6.72. The van der Waals surface area contributed by atoms with Gasteiger partial charge in [-0.25, -0.2) is 4.79 Å². The third kappa shape index (κ3) is 7.22. The van der Waals surface area contributed by atoms with E-state index in [9.17, 15) is 4.79 Å². The molecular formula is C15H23BrN2O3. The molecule has 5 nitrogen and oxygen atoms in total. The Morgan fingerprint density at radius 2 is 2.00 bits per heavy atom. The van der Waals surface area contributed by atoms with Gasteiger partial charge in [-0.2, -0.15) is 0 Å². The highest BCUT2D eigenvalue weighted by molar-refractivity contribution is 9.10. The number of alkyl carbamates (subject to hydrolysis) is 1. The molecule has 0 saturated heterocycles. The number of methoxy groups -OCH3 is 1. The number of benzene rings is 1. The highest BCUT2D eigenvalue weighted by Gasteiger charge is 2.16. The lowest BCUT2D eigenvalue weighted by atomic mass is 10.2. The molecule has 1 unspecified atom stereocenters. The third-order valence-electron chi connectivity index (χ3n) is 2.47. The fourth-order valence-electron chi connectivity index (χ4n) is 1.65. The fraction of sp³-hybridized carbons (Fsp3) is 0.533. The molecule has 0 aromatic heterocycles. The Morgan fingerprint density at radius 1 is 1.33 bits per heavy atom. The number of rotatable bonds is 5. The molecule has 21 heavy (non-hydrogen) atoms. The van der Waals surface area contributed by atoms with Crippen molar-refractivity contribution in [3.63, 3.8) is 0 Å². The standard InChI is InChI=1S/C15H23BrN2O3/c1-10(9-17-14(19)21-15(2,3)4)18-12-6-11(16)7-13(8-12)20-5/h6-8,10,18H,9H2,1-5H3,(H,17,19). The van der Waals surface area contributed by atoms with Gasteiger partial charge in [0, 0.05) is 28.8 Å². The Labute approximate surface area is 134 Å². The van der Waals surface area contributed by atoms with Gasteiger partial charge in [0.1, 0.15) is 11.4 Å². The van der Waals surface area contributed by atoms with Crippen LogP contribution in [0.3, 0.4) is 0 Å². The normalized spacial score (nSPS) is 12.5. The van der Waals surface area contributed by atoms with Gasteiger partial charge in [0.25, 0.3) is 0 Å². The summed E-state index contributed by atoms with van der Waals surface area (Å²) in [6, 6.07) is 5.78. The smallest absolute Gasteiger partial charge is 0.407 e. The van der Waals surface area contributed by atoms with Crippen LogP contribution in [0.15, 0.2) is 22.7 Å². The van der Waals surface area contributed by atoms with E-state index in [4.69, 9.17) is 9.47 Å². The van der Waals surface area contributed by atoms with Gasteiger partial charge in [-0.1, -0.05) is 15.9 Å². The predicted molar refractivity (Wildman–Crippen MR) is 88.0 cm³/mol. The maximum atomic E-state index is 11.6. The van der Waals surface area contributed by atoms with Crippen LogP contribution >= 0.6 is 15.9 Å². The first-order chi connectivity index (χ1) is 9.69. The molecule has 1 atom stereocenters. The lowest BCUT2D eigenvalue weighted by Gasteiger charge is -2.21. The first kappa shape index (κ1) is 17.6. The predicted octanol–water partition coefficient (Wildman–Crippen LogP) is 3.78. The van der Waals surface area contributed by atoms with Gasteiger partial charge >= 0.3 is 6.09 Å². The molecule has 0 aliphatic heterocycles. The molecule has 1 rings (SSSR count). The van der Waals surface area contributed by atoms with Crippen molar-refractivity contribution < 1.29 is 14.3 Å². The van der Waals surface area contributed by atoms with E-state index in [1.807, 2.05) is 45.9 Å². The van der Waals surface area contributed by atoms with Crippen molar-refractivity contribution in [3.05, 3.63) is 22.7 Å². The minimum atomic E-state index is -0.488. The van der Waals surface area contributed by atoms with Crippen LogP contribution in [0.5, 0.6) is 5.75 Å². The van der Waals surface area contributed by atoms with Gasteiger partial charge < -0.3 is 20.1 Å². The summed E-state index contributed by atoms with van der Waals surface area (Å²) in [6.45, 7) is 7.95. The zero-order valence-corrected chi connectivity index (χ0v) is 14.7. The zero-order chi connectivity index (χ0) is 16.0. The van der Waals surface area contributed by atoms with Crippen molar-refractivity contribution in [2.45, 2.75) is 39.3 Å². The van der Waals surface area contributed by atoms with Crippen LogP contribution in [0.25, 0.3) is 0 Å². The Bertz CT molecular complexity index is 486. The summed E-state index contributed by atoms with van der Waals surface area (Å²) in [6.07, 6.45) is -0.414. The van der Waals surface area contributed by atoms with Crippen LogP contribution in [0.4, 0.5) is 10.5 Å². The van der Waals surface area contributed by atoms with E-state index in [-0.39, 0.29) is 6.04 Å². The molecule has 0 fully saturated rings. The highest BCUT2D eigenvalue weighted by atomic mass is 79.9. The van der Waals surface area contributed by atoms with Gasteiger partial charge in [-0.15, -0.1) is 0 Å². The summed E-state index contributed by atoms with van der Waals surface area (Å²) < 4.78 is 11.3. The second-order valence-electron chi connectivity index (χ2n) is 5.81. The van der Waals surface area contributed by atoms with E-state index < -0.39 is 11.7 Å². The lowest BCUT2D eigenvalue weighted by molar-refractivity contribution is 0.0526. The first-order valence-corrected chi connectivity index (χ1v) is 7.57. The van der Waals surface area contributed by atoms with E-state index in [0.29, 0.717) is 6.54 Å². The topological polar surface area (TPSA) is 59.6 Å². The Hall–Kier alpha value is -1.43. The molecule has 0 bridgehead atoms. The fourth-order valence-corrected chi connectivity index (χ4v) is 2.12. The number of carbonyl (C=O) groups is 1. The van der Waals surface area contributed by atoms with Crippen LogP contribution in [0.2, 0.25) is 0 Å². The highest BCUT2D eigenvalue weighted by Crippen LogP contribution is 2.24. The van der Waals surface area contributed by atoms with E-state index in [2.05, 4.69) is 26.6 Å². The van der Waals surface area contributed by atoms with Gasteiger partial charge in [0.05, 0.1) is 7.11 Å². The molecule has 0 spiro atoms. The number of nitrogens with one attached hydrogen (secondary N) is 2. The van der Waals surface area contributed by atoms with Crippen molar-refractivity contribution in [3.8, 4) is 5.75 Å². The maximum absolute atomic E-state index is 11.6. The Balaban J connectivity index is 2.49. The molecule has 1 aromatic rings. The Morgan fingerprint density at radius 3 is 2.57 bits per heavy atom. The average molecular weight is 359 g/mol. The van der Waals surface area contributed by atoms with E-state index in [1.54, 1.807) is 7.11 Å². The largest absolute Gasteiger partial charge is 0.497 e. The summed E-state index contributed by atoms with van der Waals surface area (Å²) in [5.74, 6) is 0.763. The number of amides is 1. The summed E-state index contributed by atoms with van der Waals surface area (Å²) >= 11 is 3.43. The quantitative estimate of drug-likeness (QED) is 0.840. The summed E-state index contributed by atoms with van der Waals surface area (Å²) in [7, 11) is 1.62. The molecule has 118 valence electrons. The number of hydrogen-bond donors (Lipinski definition) is 2. The maximum Gasteiger partial charge on any atom is 0.407 e.